The van der Waals surface area contributed by atoms with Gasteiger partial charge in [-0.25, -0.2) is 4.39 Å². The van der Waals surface area contributed by atoms with E-state index in [2.05, 4.69) is 10.1 Å². The molecule has 3 heterocycles. The van der Waals surface area contributed by atoms with Crippen molar-refractivity contribution < 1.29 is 9.18 Å². The van der Waals surface area contributed by atoms with Crippen LogP contribution in [0.3, 0.4) is 0 Å². The number of aryl methyl sites for hydroxylation is 1. The zero-order chi connectivity index (χ0) is 20.4. The molecule has 1 saturated heterocycles. The largest absolute Gasteiger partial charge is 0.397 e. The summed E-state index contributed by atoms with van der Waals surface area (Å²) in [5, 5.41) is 4.24. The highest BCUT2D eigenvalue weighted by Crippen LogP contribution is 2.25. The van der Waals surface area contributed by atoms with E-state index in [-0.39, 0.29) is 18.1 Å². The highest BCUT2D eigenvalue weighted by atomic mass is 19.1. The molecule has 3 aromatic rings. The smallest absolute Gasteiger partial charge is 0.228 e. The van der Waals surface area contributed by atoms with Crippen LogP contribution in [0.15, 0.2) is 48.8 Å². The molecule has 150 valence electrons. The van der Waals surface area contributed by atoms with Gasteiger partial charge in [0.15, 0.2) is 0 Å². The molecule has 0 saturated carbocycles. The molecular weight excluding hydrogens is 369 g/mol. The Hall–Kier alpha value is -3.22. The van der Waals surface area contributed by atoms with Gasteiger partial charge in [-0.1, -0.05) is 0 Å². The molecule has 4 rings (SSSR count). The number of benzene rings is 1. The van der Waals surface area contributed by atoms with Crippen molar-refractivity contribution in [3.05, 3.63) is 65.9 Å². The van der Waals surface area contributed by atoms with E-state index in [1.165, 1.54) is 12.1 Å². The van der Waals surface area contributed by atoms with Gasteiger partial charge in [-0.2, -0.15) is 5.10 Å². The van der Waals surface area contributed by atoms with E-state index in [1.807, 2.05) is 28.8 Å². The quantitative estimate of drug-likeness (QED) is 0.723. The highest BCUT2D eigenvalue weighted by Gasteiger charge is 2.27. The van der Waals surface area contributed by atoms with Gasteiger partial charge in [0.05, 0.1) is 23.5 Å². The van der Waals surface area contributed by atoms with Gasteiger partial charge in [0, 0.05) is 37.6 Å². The molecule has 1 aromatic carbocycles. The summed E-state index contributed by atoms with van der Waals surface area (Å²) in [4.78, 5) is 19.3. The van der Waals surface area contributed by atoms with Crippen LogP contribution in [0.1, 0.15) is 17.7 Å². The van der Waals surface area contributed by atoms with Gasteiger partial charge in [0.1, 0.15) is 5.82 Å². The van der Waals surface area contributed by atoms with E-state index in [4.69, 9.17) is 5.73 Å². The van der Waals surface area contributed by atoms with Gasteiger partial charge >= 0.3 is 0 Å². The van der Waals surface area contributed by atoms with Crippen molar-refractivity contribution in [1.82, 2.24) is 19.7 Å². The third-order valence-electron chi connectivity index (χ3n) is 5.44. The fourth-order valence-electron chi connectivity index (χ4n) is 3.85. The van der Waals surface area contributed by atoms with Crippen molar-refractivity contribution in [1.29, 1.82) is 0 Å². The maximum Gasteiger partial charge on any atom is 0.228 e. The molecule has 2 N–H and O–H groups in total. The number of nitrogens with two attached hydrogens (primary N) is 1. The molecule has 0 spiro atoms. The second-order valence-electron chi connectivity index (χ2n) is 7.59. The standard InChI is InChI=1S/C22H24FN5O/c1-15-11-17(23)3-4-18(15)20-6-5-19(24)21(26-20)12-22(29)27-10-7-16(13-27)14-28-9-2-8-25-28/h2-6,8-9,11,16H,7,10,12-14,24H2,1H3. The number of nitrogens with zero attached hydrogens (tertiary/aromatic N) is 4. The molecule has 1 unspecified atom stereocenters. The molecule has 0 radical (unpaired) electrons. The van der Waals surface area contributed by atoms with Crippen molar-refractivity contribution in [2.45, 2.75) is 26.3 Å². The van der Waals surface area contributed by atoms with Crippen molar-refractivity contribution in [2.75, 3.05) is 18.8 Å². The first-order chi connectivity index (χ1) is 14.0. The van der Waals surface area contributed by atoms with E-state index in [9.17, 15) is 9.18 Å². The van der Waals surface area contributed by atoms with E-state index >= 15 is 0 Å². The highest BCUT2D eigenvalue weighted by molar-refractivity contribution is 5.80. The Morgan fingerprint density at radius 2 is 2.17 bits per heavy atom. The third kappa shape index (κ3) is 4.29. The van der Waals surface area contributed by atoms with Gasteiger partial charge in [0.25, 0.3) is 0 Å². The summed E-state index contributed by atoms with van der Waals surface area (Å²) in [7, 11) is 0. The van der Waals surface area contributed by atoms with Crippen molar-refractivity contribution in [3.63, 3.8) is 0 Å². The van der Waals surface area contributed by atoms with Crippen molar-refractivity contribution in [2.24, 2.45) is 5.92 Å². The van der Waals surface area contributed by atoms with E-state index < -0.39 is 0 Å². The Morgan fingerprint density at radius 3 is 2.93 bits per heavy atom. The number of pyridine rings is 1. The van der Waals surface area contributed by atoms with Crippen LogP contribution in [0.2, 0.25) is 0 Å². The number of rotatable bonds is 5. The van der Waals surface area contributed by atoms with Crippen LogP contribution < -0.4 is 5.73 Å². The lowest BCUT2D eigenvalue weighted by atomic mass is 10.0. The van der Waals surface area contributed by atoms with Crippen LogP contribution in [0, 0.1) is 18.7 Å². The molecule has 7 heteroatoms. The monoisotopic (exact) mass is 393 g/mol. The molecule has 1 fully saturated rings. The molecule has 6 nitrogen and oxygen atoms in total. The lowest BCUT2D eigenvalue weighted by Crippen LogP contribution is -2.31. The SMILES string of the molecule is Cc1cc(F)ccc1-c1ccc(N)c(CC(=O)N2CCC(Cn3cccn3)C2)n1. The first kappa shape index (κ1) is 19.1. The summed E-state index contributed by atoms with van der Waals surface area (Å²) >= 11 is 0. The average Bonchev–Trinajstić information content (AvgIpc) is 3.36. The van der Waals surface area contributed by atoms with Gasteiger partial charge in [0.2, 0.25) is 5.91 Å². The molecule has 1 atom stereocenters. The predicted molar refractivity (Wildman–Crippen MR) is 109 cm³/mol. The first-order valence-electron chi connectivity index (χ1n) is 9.76. The number of likely N-dealkylation sites (tertiary alicyclic amines) is 1. The first-order valence-corrected chi connectivity index (χ1v) is 9.76. The minimum atomic E-state index is -0.282. The molecule has 1 aliphatic heterocycles. The van der Waals surface area contributed by atoms with Gasteiger partial charge in [-0.15, -0.1) is 0 Å². The van der Waals surface area contributed by atoms with Gasteiger partial charge in [-0.05, 0) is 61.2 Å². The topological polar surface area (TPSA) is 77.0 Å². The third-order valence-corrected chi connectivity index (χ3v) is 5.44. The van der Waals surface area contributed by atoms with E-state index in [0.29, 0.717) is 23.0 Å². The average molecular weight is 393 g/mol. The minimum absolute atomic E-state index is 0.0279. The Kier molecular flexibility index (Phi) is 5.29. The van der Waals surface area contributed by atoms with Crippen LogP contribution in [0.4, 0.5) is 10.1 Å². The Balaban J connectivity index is 1.45. The summed E-state index contributed by atoms with van der Waals surface area (Å²) in [5.41, 5.74) is 9.46. The molecule has 2 aromatic heterocycles. The van der Waals surface area contributed by atoms with Gasteiger partial charge in [-0.3, -0.25) is 14.5 Å². The number of aromatic nitrogens is 3. The number of amides is 1. The summed E-state index contributed by atoms with van der Waals surface area (Å²) in [6, 6.07) is 10.1. The summed E-state index contributed by atoms with van der Waals surface area (Å²) < 4.78 is 15.3. The fraction of sp³-hybridized carbons (Fsp3) is 0.318. The number of hydrogen-bond acceptors (Lipinski definition) is 4. The second kappa shape index (κ2) is 8.03. The normalized spacial score (nSPS) is 16.3. The Labute approximate surface area is 169 Å². The number of hydrogen-bond donors (Lipinski definition) is 1. The zero-order valence-electron chi connectivity index (χ0n) is 16.4. The summed E-state index contributed by atoms with van der Waals surface area (Å²) in [5.74, 6) is 0.147. The van der Waals surface area contributed by atoms with Crippen LogP contribution in [-0.4, -0.2) is 38.7 Å². The maximum absolute atomic E-state index is 13.4. The Bertz CT molecular complexity index is 1020. The predicted octanol–water partition coefficient (Wildman–Crippen LogP) is 3.07. The van der Waals surface area contributed by atoms with Crippen LogP contribution >= 0.6 is 0 Å². The number of halogens is 1. The number of anilines is 1. The molecule has 29 heavy (non-hydrogen) atoms. The fourth-order valence-corrected chi connectivity index (χ4v) is 3.85. The lowest BCUT2D eigenvalue weighted by molar-refractivity contribution is -0.129. The molecule has 0 bridgehead atoms. The molecule has 1 aliphatic rings. The lowest BCUT2D eigenvalue weighted by Gasteiger charge is -2.17. The summed E-state index contributed by atoms with van der Waals surface area (Å²) in [6.45, 7) is 4.11. The van der Waals surface area contributed by atoms with E-state index in [0.717, 1.165) is 37.2 Å². The Morgan fingerprint density at radius 1 is 1.31 bits per heavy atom. The maximum atomic E-state index is 13.4. The zero-order valence-corrected chi connectivity index (χ0v) is 16.4. The number of carbonyl (C=O) groups excluding carboxylic acids is 1. The summed E-state index contributed by atoms with van der Waals surface area (Å²) in [6.07, 6.45) is 4.83. The number of carbonyl (C=O) groups is 1. The van der Waals surface area contributed by atoms with Crippen molar-refractivity contribution in [3.8, 4) is 11.3 Å². The molecule has 0 aliphatic carbocycles. The second-order valence-corrected chi connectivity index (χ2v) is 7.59. The molecule has 1 amide bonds. The van der Waals surface area contributed by atoms with Crippen LogP contribution in [-0.2, 0) is 17.8 Å². The molecular formula is C22H24FN5O. The van der Waals surface area contributed by atoms with Crippen LogP contribution in [0.5, 0.6) is 0 Å². The van der Waals surface area contributed by atoms with Gasteiger partial charge < -0.3 is 10.6 Å². The minimum Gasteiger partial charge on any atom is -0.397 e. The van der Waals surface area contributed by atoms with Crippen molar-refractivity contribution >= 4 is 11.6 Å². The van der Waals surface area contributed by atoms with Crippen LogP contribution in [0.25, 0.3) is 11.3 Å². The number of nitrogen functional groups attached to an aromatic ring is 1. The van der Waals surface area contributed by atoms with E-state index in [1.54, 1.807) is 24.4 Å².